The van der Waals surface area contributed by atoms with Gasteiger partial charge in [-0.1, -0.05) is 37.3 Å². The van der Waals surface area contributed by atoms with Crippen LogP contribution in [0.25, 0.3) is 16.1 Å². The molecule has 123 valence electrons. The standard InChI is InChI=1S/C16H13F3N2OS.Al.H/c1-2-12-14(22)13(15(23-12)10-6-4-3-5-7-10)21-9-11(8-20-21)16(17,18)19;;/h3-9,22H,2H2,1H3;;/q;+1;/p-1. The van der Waals surface area contributed by atoms with Crippen LogP contribution in [0.5, 0.6) is 5.75 Å². The van der Waals surface area contributed by atoms with Gasteiger partial charge in [-0.05, 0) is 12.0 Å². The minimum absolute atomic E-state index is 0.550. The van der Waals surface area contributed by atoms with Crippen molar-refractivity contribution in [2.24, 2.45) is 0 Å². The van der Waals surface area contributed by atoms with E-state index in [-0.39, 0.29) is 0 Å². The number of thiophene rings is 1. The Morgan fingerprint density at radius 1 is 1.25 bits per heavy atom. The number of rotatable bonds is 4. The van der Waals surface area contributed by atoms with E-state index in [9.17, 15) is 13.2 Å². The molecule has 0 aliphatic heterocycles. The van der Waals surface area contributed by atoms with Crippen LogP contribution in [0.3, 0.4) is 0 Å². The predicted molar refractivity (Wildman–Crippen MR) is 89.0 cm³/mol. The van der Waals surface area contributed by atoms with Gasteiger partial charge in [0.2, 0.25) is 0 Å². The molecule has 3 rings (SSSR count). The molecule has 24 heavy (non-hydrogen) atoms. The first-order chi connectivity index (χ1) is 11.5. The number of nitrogens with zero attached hydrogens (tertiary/aromatic N) is 2. The van der Waals surface area contributed by atoms with Gasteiger partial charge in [0.1, 0.15) is 11.4 Å². The molecule has 8 heteroatoms. The fourth-order valence-corrected chi connectivity index (χ4v) is 4.01. The Morgan fingerprint density at radius 2 is 1.96 bits per heavy atom. The number of halogens is 3. The maximum absolute atomic E-state index is 12.9. The minimum Gasteiger partial charge on any atom is -0.648 e. The number of hydrogen-bond donors (Lipinski definition) is 0. The van der Waals surface area contributed by atoms with Gasteiger partial charge < -0.3 is 3.79 Å². The first-order valence-electron chi connectivity index (χ1n) is 7.21. The molecule has 1 radical (unpaired) electrons. The average molecular weight is 365 g/mol. The smallest absolute Gasteiger partial charge is 0.494 e. The molecular formula is C16H13AlF3N2OS. The second-order valence-electron chi connectivity index (χ2n) is 5.07. The van der Waals surface area contributed by atoms with Crippen molar-refractivity contribution in [3.05, 3.63) is 53.2 Å². The second-order valence-corrected chi connectivity index (χ2v) is 6.46. The van der Waals surface area contributed by atoms with Crippen LogP contribution >= 0.6 is 11.3 Å². The van der Waals surface area contributed by atoms with Crippen LogP contribution in [-0.2, 0) is 12.6 Å². The number of aryl methyl sites for hydroxylation is 1. The van der Waals surface area contributed by atoms with Crippen molar-refractivity contribution in [2.45, 2.75) is 19.5 Å². The summed E-state index contributed by atoms with van der Waals surface area (Å²) in [6, 6.07) is 9.52. The summed E-state index contributed by atoms with van der Waals surface area (Å²) in [4.78, 5) is 1.81. The van der Waals surface area contributed by atoms with Gasteiger partial charge >= 0.3 is 22.8 Å². The summed E-state index contributed by atoms with van der Waals surface area (Å²) >= 11 is 2.82. The molecule has 3 aromatic rings. The van der Waals surface area contributed by atoms with E-state index in [0.29, 0.717) is 11.4 Å². The van der Waals surface area contributed by atoms with Gasteiger partial charge in [-0.3, -0.25) is 0 Å². The summed E-state index contributed by atoms with van der Waals surface area (Å²) in [5.74, 6) is 0.580. The number of aromatic nitrogens is 2. The molecule has 0 aliphatic carbocycles. The van der Waals surface area contributed by atoms with E-state index in [0.717, 1.165) is 34.1 Å². The maximum Gasteiger partial charge on any atom is 0.494 e. The first kappa shape index (κ1) is 17.1. The molecule has 0 bridgehead atoms. The van der Waals surface area contributed by atoms with E-state index in [1.807, 2.05) is 37.3 Å². The molecule has 0 amide bonds. The van der Waals surface area contributed by atoms with Crippen LogP contribution in [0.15, 0.2) is 42.7 Å². The molecule has 0 saturated carbocycles. The van der Waals surface area contributed by atoms with Crippen molar-refractivity contribution in [1.82, 2.24) is 9.78 Å². The third kappa shape index (κ3) is 3.09. The third-order valence-electron chi connectivity index (χ3n) is 3.55. The Hall–Kier alpha value is -1.75. The molecule has 0 atom stereocenters. The van der Waals surface area contributed by atoms with Crippen LogP contribution in [0.4, 0.5) is 13.2 Å². The molecule has 1 aromatic carbocycles. The third-order valence-corrected chi connectivity index (χ3v) is 5.19. The van der Waals surface area contributed by atoms with Crippen molar-refractivity contribution >= 4 is 28.0 Å². The molecule has 2 heterocycles. The van der Waals surface area contributed by atoms with Gasteiger partial charge in [0, 0.05) is 11.1 Å². The lowest BCUT2D eigenvalue weighted by atomic mass is 10.1. The normalized spacial score (nSPS) is 11.7. The number of benzene rings is 1. The van der Waals surface area contributed by atoms with E-state index < -0.39 is 11.7 Å². The van der Waals surface area contributed by atoms with Gasteiger partial charge in [-0.15, -0.1) is 11.3 Å². The molecule has 2 aromatic heterocycles. The summed E-state index contributed by atoms with van der Waals surface area (Å²) in [7, 11) is 0. The van der Waals surface area contributed by atoms with Crippen LogP contribution in [0.1, 0.15) is 17.4 Å². The first-order valence-corrected chi connectivity index (χ1v) is 8.60. The van der Waals surface area contributed by atoms with Crippen LogP contribution in [0.2, 0.25) is 0 Å². The van der Waals surface area contributed by atoms with Crippen molar-refractivity contribution in [3.8, 4) is 21.9 Å². The van der Waals surface area contributed by atoms with E-state index in [1.165, 1.54) is 32.6 Å². The van der Waals surface area contributed by atoms with Crippen molar-refractivity contribution in [3.63, 3.8) is 0 Å². The summed E-state index contributed by atoms with van der Waals surface area (Å²) in [6.45, 7) is 1.99. The van der Waals surface area contributed by atoms with E-state index in [4.69, 9.17) is 3.79 Å². The maximum atomic E-state index is 12.9. The molecular weight excluding hydrogens is 352 g/mol. The monoisotopic (exact) mass is 365 g/mol. The van der Waals surface area contributed by atoms with E-state index in [2.05, 4.69) is 5.10 Å². The highest BCUT2D eigenvalue weighted by molar-refractivity contribution is 7.16. The highest BCUT2D eigenvalue weighted by Gasteiger charge is 2.33. The van der Waals surface area contributed by atoms with Gasteiger partial charge in [0.05, 0.1) is 16.6 Å². The quantitative estimate of drug-likeness (QED) is 0.642. The van der Waals surface area contributed by atoms with Gasteiger partial charge in [-0.2, -0.15) is 18.3 Å². The summed E-state index contributed by atoms with van der Waals surface area (Å²) in [6.07, 6.45) is -1.87. The molecule has 0 fully saturated rings. The Balaban J connectivity index is 2.22. The Labute approximate surface area is 149 Å². The zero-order valence-corrected chi connectivity index (χ0v) is 15.0. The molecule has 0 unspecified atom stereocenters. The van der Waals surface area contributed by atoms with Crippen molar-refractivity contribution < 1.29 is 17.0 Å². The number of hydrogen-bond acceptors (Lipinski definition) is 3. The minimum atomic E-state index is -4.43. The predicted octanol–water partition coefficient (Wildman–Crippen LogP) is 4.38. The largest absolute Gasteiger partial charge is 0.648 e. The molecule has 3 nitrogen and oxygen atoms in total. The SMILES string of the molecule is CCc1sc(-c2ccccc2)c(-n2cc(C(F)(F)F)cn2)c1[O][AlH]. The van der Waals surface area contributed by atoms with Gasteiger partial charge in [0.15, 0.2) is 0 Å². The Morgan fingerprint density at radius 3 is 2.50 bits per heavy atom. The van der Waals surface area contributed by atoms with Crippen LogP contribution < -0.4 is 3.79 Å². The fourth-order valence-electron chi connectivity index (χ4n) is 2.42. The van der Waals surface area contributed by atoms with E-state index >= 15 is 0 Å². The van der Waals surface area contributed by atoms with Gasteiger partial charge in [0.25, 0.3) is 0 Å². The fraction of sp³-hybridized carbons (Fsp3) is 0.188. The summed E-state index contributed by atoms with van der Waals surface area (Å²) < 4.78 is 45.5. The van der Waals surface area contributed by atoms with Crippen molar-refractivity contribution in [1.29, 1.82) is 0 Å². The Kier molecular flexibility index (Phi) is 4.72. The van der Waals surface area contributed by atoms with Crippen LogP contribution in [0, 0.1) is 0 Å². The summed E-state index contributed by atoms with van der Waals surface area (Å²) in [5.41, 5.74) is 0.687. The number of alkyl halides is 3. The van der Waals surface area contributed by atoms with Crippen molar-refractivity contribution in [2.75, 3.05) is 0 Å². The molecule has 0 aliphatic rings. The highest BCUT2D eigenvalue weighted by Crippen LogP contribution is 2.44. The van der Waals surface area contributed by atoms with Gasteiger partial charge in [-0.25, -0.2) is 4.68 Å². The zero-order valence-electron chi connectivity index (χ0n) is 12.8. The second kappa shape index (κ2) is 6.63. The molecule has 0 saturated heterocycles. The lowest BCUT2D eigenvalue weighted by Crippen LogP contribution is -2.03. The lowest BCUT2D eigenvalue weighted by Gasteiger charge is -2.10. The molecule has 0 spiro atoms. The van der Waals surface area contributed by atoms with E-state index in [1.54, 1.807) is 0 Å². The lowest BCUT2D eigenvalue weighted by molar-refractivity contribution is -0.137. The highest BCUT2D eigenvalue weighted by atomic mass is 32.1. The Bertz CT molecular complexity index is 843. The average Bonchev–Trinajstić information content (AvgIpc) is 3.19. The van der Waals surface area contributed by atoms with Crippen LogP contribution in [-0.4, -0.2) is 26.4 Å². The molecule has 0 N–H and O–H groups in total. The zero-order chi connectivity index (χ0) is 17.3. The topological polar surface area (TPSA) is 27.1 Å². The summed E-state index contributed by atoms with van der Waals surface area (Å²) in [5, 5.41) is 3.92.